The topological polar surface area (TPSA) is 197 Å². The second-order valence-corrected chi connectivity index (χ2v) is 15.1. The van der Waals surface area contributed by atoms with Gasteiger partial charge in [-0.15, -0.1) is 13.2 Å². The van der Waals surface area contributed by atoms with Crippen molar-refractivity contribution in [1.29, 1.82) is 0 Å². The SMILES string of the molecule is O=Cc1c([O-])ccc2ccccc12.O=Cc1c([O-])ccc2ccccc12.[Mn+3].[Mn+3].[O-]Cc1ccccc1N=Cc1c([O-])ccc2ccccc12.[O-]Cc1ccccc1N=Cc1c([O-])ccc2ccccc12. The molecule has 0 atom stereocenters. The third-order valence-electron chi connectivity index (χ3n) is 10.9. The van der Waals surface area contributed by atoms with E-state index in [-0.39, 0.29) is 81.5 Å². The Bertz CT molecular complexity index is 3220. The molecule has 0 N–H and O–H groups in total. The monoisotopic (exact) mass is 1000 g/mol. The van der Waals surface area contributed by atoms with Gasteiger partial charge in [-0.05, 0) is 77.5 Å². The number of benzene rings is 10. The van der Waals surface area contributed by atoms with Gasteiger partial charge >= 0.3 is 34.1 Å². The van der Waals surface area contributed by atoms with Crippen molar-refractivity contribution in [2.45, 2.75) is 13.2 Å². The number of rotatable bonds is 8. The Morgan fingerprint density at radius 3 is 0.886 bits per heavy atom. The minimum Gasteiger partial charge on any atom is -0.872 e. The zero-order valence-corrected chi connectivity index (χ0v) is 39.5. The van der Waals surface area contributed by atoms with Crippen LogP contribution in [0, 0.1) is 0 Å². The second-order valence-electron chi connectivity index (χ2n) is 15.1. The van der Waals surface area contributed by atoms with Crippen LogP contribution >= 0.6 is 0 Å². The Kier molecular flexibility index (Phi) is 19.7. The van der Waals surface area contributed by atoms with Gasteiger partial charge < -0.3 is 30.6 Å². The van der Waals surface area contributed by atoms with Crippen molar-refractivity contribution in [3.8, 4) is 23.0 Å². The molecular weight excluding hydrogens is 963 g/mol. The van der Waals surface area contributed by atoms with Crippen molar-refractivity contribution in [1.82, 2.24) is 0 Å². The molecule has 10 rings (SSSR count). The summed E-state index contributed by atoms with van der Waals surface area (Å²) in [5.74, 6) is -0.573. The van der Waals surface area contributed by atoms with Crippen molar-refractivity contribution in [3.05, 3.63) is 228 Å². The second kappa shape index (κ2) is 26.0. The number of hydrogen-bond acceptors (Lipinski definition) is 10. The van der Waals surface area contributed by atoms with Crippen LogP contribution in [0.25, 0.3) is 43.1 Å². The van der Waals surface area contributed by atoms with Gasteiger partial charge in [0.15, 0.2) is 0 Å². The van der Waals surface area contributed by atoms with Crippen molar-refractivity contribution in [2.75, 3.05) is 0 Å². The van der Waals surface area contributed by atoms with Gasteiger partial charge in [0, 0.05) is 23.6 Å². The molecule has 70 heavy (non-hydrogen) atoms. The average Bonchev–Trinajstić information content (AvgIpc) is 3.39. The number of fused-ring (bicyclic) bond motifs is 4. The summed E-state index contributed by atoms with van der Waals surface area (Å²) in [4.78, 5) is 29.9. The molecule has 0 aliphatic rings. The van der Waals surface area contributed by atoms with E-state index in [9.17, 15) is 40.2 Å². The van der Waals surface area contributed by atoms with Gasteiger partial charge in [-0.2, -0.15) is 0 Å². The zero-order chi connectivity index (χ0) is 47.8. The van der Waals surface area contributed by atoms with E-state index >= 15 is 0 Å². The summed E-state index contributed by atoms with van der Waals surface area (Å²) in [5.41, 5.74) is 4.07. The third kappa shape index (κ3) is 12.8. The standard InChI is InChI=1S/2C18H14NO2.2C11H8O2.2Mn/c2*20-12-14-6-2-4-8-17(14)19-11-16-15-7-3-1-5-13(15)9-10-18(16)21;2*12-7-10-9-4-2-1-3-8(9)5-6-11(10)13;;/h2*1-11,21H,12H2;2*1-7,13H;;/q2*-1;;;2*+3/p-4. The molecule has 0 aliphatic carbocycles. The van der Waals surface area contributed by atoms with Gasteiger partial charge in [-0.25, -0.2) is 0 Å². The molecule has 344 valence electrons. The van der Waals surface area contributed by atoms with E-state index in [4.69, 9.17) is 0 Å². The first-order chi connectivity index (χ1) is 33.2. The Morgan fingerprint density at radius 2 is 0.586 bits per heavy atom. The number of carbonyl (C=O) groups excluding carboxylic acids is 2. The molecule has 0 aliphatic heterocycles. The van der Waals surface area contributed by atoms with Gasteiger partial charge in [0.05, 0.1) is 11.4 Å². The van der Waals surface area contributed by atoms with Crippen LogP contribution in [0.1, 0.15) is 43.0 Å². The zero-order valence-electron chi connectivity index (χ0n) is 37.1. The first kappa shape index (κ1) is 53.0. The summed E-state index contributed by atoms with van der Waals surface area (Å²) in [6.07, 6.45) is 4.34. The Balaban J connectivity index is 0.000000176. The molecular formula is C58H40Mn2N2O8. The van der Waals surface area contributed by atoms with Gasteiger partial charge in [-0.1, -0.05) is 205 Å². The van der Waals surface area contributed by atoms with Gasteiger partial charge in [0.25, 0.3) is 0 Å². The Morgan fingerprint density at radius 1 is 0.329 bits per heavy atom. The minimum absolute atomic E-state index is 0. The first-order valence-corrected chi connectivity index (χ1v) is 21.3. The predicted molar refractivity (Wildman–Crippen MR) is 259 cm³/mol. The quantitative estimate of drug-likeness (QED) is 0.0820. The summed E-state index contributed by atoms with van der Waals surface area (Å²) in [6, 6.07) is 57.4. The van der Waals surface area contributed by atoms with Crippen molar-refractivity contribution in [3.63, 3.8) is 0 Å². The molecule has 10 nitrogen and oxygen atoms in total. The Hall–Kier alpha value is -7.92. The molecule has 10 aromatic carbocycles. The first-order valence-electron chi connectivity index (χ1n) is 21.3. The molecule has 0 spiro atoms. The number of para-hydroxylation sites is 2. The van der Waals surface area contributed by atoms with E-state index in [1.807, 2.05) is 109 Å². The van der Waals surface area contributed by atoms with E-state index in [0.29, 0.717) is 46.2 Å². The molecule has 10 aromatic rings. The van der Waals surface area contributed by atoms with Crippen LogP contribution in [0.2, 0.25) is 0 Å². The number of hydrogen-bond donors (Lipinski definition) is 0. The van der Waals surface area contributed by atoms with E-state index < -0.39 is 0 Å². The molecule has 0 saturated carbocycles. The number of nitrogens with zero attached hydrogens (tertiary/aromatic N) is 2. The molecule has 0 aromatic heterocycles. The molecule has 0 heterocycles. The summed E-state index contributed by atoms with van der Waals surface area (Å²) in [6.45, 7) is -0.652. The van der Waals surface area contributed by atoms with Crippen LogP contribution < -0.4 is 30.6 Å². The van der Waals surface area contributed by atoms with E-state index in [1.54, 1.807) is 85.2 Å². The summed E-state index contributed by atoms with van der Waals surface area (Å²) in [7, 11) is 0. The van der Waals surface area contributed by atoms with Crippen LogP contribution in [0.15, 0.2) is 204 Å². The van der Waals surface area contributed by atoms with Crippen LogP contribution in [0.4, 0.5) is 11.4 Å². The van der Waals surface area contributed by atoms with Crippen LogP contribution in [0.3, 0.4) is 0 Å². The number of carbonyl (C=O) groups is 2. The van der Waals surface area contributed by atoms with Crippen molar-refractivity contribution in [2.24, 2.45) is 9.98 Å². The maximum absolute atomic E-state index is 12.1. The normalized spacial score (nSPS) is 10.5. The Labute approximate surface area is 425 Å². The fraction of sp³-hybridized carbons (Fsp3) is 0.0345. The van der Waals surface area contributed by atoms with E-state index in [0.717, 1.165) is 43.1 Å². The molecule has 0 unspecified atom stereocenters. The molecule has 0 amide bonds. The molecule has 0 saturated heterocycles. The van der Waals surface area contributed by atoms with Crippen molar-refractivity contribution < 1.29 is 74.4 Å². The molecule has 0 bridgehead atoms. The third-order valence-corrected chi connectivity index (χ3v) is 10.9. The fourth-order valence-electron chi connectivity index (χ4n) is 7.40. The summed E-state index contributed by atoms with van der Waals surface area (Å²) < 4.78 is 0. The summed E-state index contributed by atoms with van der Waals surface area (Å²) >= 11 is 0. The maximum atomic E-state index is 12.1. The summed E-state index contributed by atoms with van der Waals surface area (Å²) in [5, 5.41) is 75.8. The van der Waals surface area contributed by atoms with Gasteiger partial charge in [0.2, 0.25) is 0 Å². The van der Waals surface area contributed by atoms with E-state index in [2.05, 4.69) is 9.98 Å². The predicted octanol–water partition coefficient (Wildman–Crippen LogP) is 8.50. The van der Waals surface area contributed by atoms with Crippen LogP contribution in [-0.4, -0.2) is 25.0 Å². The maximum Gasteiger partial charge on any atom is 3.00 e. The van der Waals surface area contributed by atoms with Gasteiger partial charge in [-0.3, -0.25) is 19.6 Å². The van der Waals surface area contributed by atoms with Crippen LogP contribution in [0.5, 0.6) is 23.0 Å². The number of aliphatic imine (C=N–C) groups is 2. The smallest absolute Gasteiger partial charge is 0.872 e. The van der Waals surface area contributed by atoms with E-state index in [1.165, 1.54) is 12.1 Å². The molecule has 12 heteroatoms. The van der Waals surface area contributed by atoms with Gasteiger partial charge in [0.1, 0.15) is 12.6 Å². The number of aldehydes is 2. The fourth-order valence-corrected chi connectivity index (χ4v) is 7.40. The van der Waals surface area contributed by atoms with Crippen molar-refractivity contribution >= 4 is 79.5 Å². The largest absolute Gasteiger partial charge is 3.00 e. The minimum atomic E-state index is -0.326. The molecule has 0 radical (unpaired) electrons. The van der Waals surface area contributed by atoms with Crippen LogP contribution in [-0.2, 0) is 47.4 Å². The average molecular weight is 1000 g/mol. The molecule has 0 fully saturated rings.